The third kappa shape index (κ3) is 3.21. The molecule has 0 aliphatic heterocycles. The van der Waals surface area contributed by atoms with E-state index in [2.05, 4.69) is 4.74 Å². The standard InChI is InChI=1S/C9HCl4F5O2/c10-2-1-3(11)6(5(13)4(2)12)20-7(19)8(14,15)9(16,17)18/h1H. The van der Waals surface area contributed by atoms with Crippen molar-refractivity contribution in [2.75, 3.05) is 0 Å². The Kier molecular flexibility index (Phi) is 5.01. The van der Waals surface area contributed by atoms with Crippen molar-refractivity contribution in [3.05, 3.63) is 26.2 Å². The van der Waals surface area contributed by atoms with E-state index in [1.165, 1.54) is 0 Å². The van der Waals surface area contributed by atoms with Crippen LogP contribution in [0.15, 0.2) is 6.07 Å². The number of benzene rings is 1. The van der Waals surface area contributed by atoms with Gasteiger partial charge in [-0.05, 0) is 6.07 Å². The summed E-state index contributed by atoms with van der Waals surface area (Å²) in [6.07, 6.45) is -6.13. The maximum absolute atomic E-state index is 12.7. The molecule has 11 heteroatoms. The summed E-state index contributed by atoms with van der Waals surface area (Å²) in [5.41, 5.74) is 0. The summed E-state index contributed by atoms with van der Waals surface area (Å²) in [6, 6.07) is 0.867. The fraction of sp³-hybridized carbons (Fsp3) is 0.222. The Balaban J connectivity index is 3.19. The molecular weight excluding hydrogens is 377 g/mol. The largest absolute Gasteiger partial charge is 0.465 e. The van der Waals surface area contributed by atoms with Crippen LogP contribution in [0.4, 0.5) is 22.0 Å². The van der Waals surface area contributed by atoms with E-state index in [-0.39, 0.29) is 5.02 Å². The first-order valence-corrected chi connectivity index (χ1v) is 5.90. The topological polar surface area (TPSA) is 26.3 Å². The van der Waals surface area contributed by atoms with Gasteiger partial charge in [0.25, 0.3) is 0 Å². The maximum Gasteiger partial charge on any atom is 0.465 e. The monoisotopic (exact) mass is 376 g/mol. The molecule has 1 aromatic rings. The fourth-order valence-corrected chi connectivity index (χ4v) is 1.90. The average molecular weight is 378 g/mol. The van der Waals surface area contributed by atoms with Crippen LogP contribution in [-0.2, 0) is 4.79 Å². The van der Waals surface area contributed by atoms with E-state index in [0.29, 0.717) is 0 Å². The third-order valence-corrected chi connectivity index (χ3v) is 3.40. The van der Waals surface area contributed by atoms with E-state index in [1.54, 1.807) is 0 Å². The van der Waals surface area contributed by atoms with Crippen molar-refractivity contribution in [2.45, 2.75) is 12.1 Å². The number of carbonyl (C=O) groups excluding carboxylic acids is 1. The van der Waals surface area contributed by atoms with E-state index in [9.17, 15) is 26.7 Å². The zero-order valence-corrected chi connectivity index (χ0v) is 11.8. The van der Waals surface area contributed by atoms with E-state index in [4.69, 9.17) is 46.4 Å². The lowest BCUT2D eigenvalue weighted by Crippen LogP contribution is -2.46. The summed E-state index contributed by atoms with van der Waals surface area (Å²) in [6.45, 7) is 0. The SMILES string of the molecule is O=C(Oc1c(Cl)cc(Cl)c(Cl)c1Cl)C(F)(F)C(F)(F)F. The van der Waals surface area contributed by atoms with Gasteiger partial charge in [-0.3, -0.25) is 0 Å². The number of esters is 1. The first-order chi connectivity index (χ1) is 8.89. The Hall–Kier alpha value is -0.500. The predicted molar refractivity (Wildman–Crippen MR) is 63.1 cm³/mol. The molecule has 0 saturated carbocycles. The van der Waals surface area contributed by atoms with Crippen LogP contribution < -0.4 is 4.74 Å². The van der Waals surface area contributed by atoms with Crippen molar-refractivity contribution < 1.29 is 31.5 Å². The molecule has 0 bridgehead atoms. The van der Waals surface area contributed by atoms with Gasteiger partial charge in [0, 0.05) is 0 Å². The number of rotatable bonds is 2. The van der Waals surface area contributed by atoms with Crippen LogP contribution in [0.2, 0.25) is 20.1 Å². The number of ether oxygens (including phenoxy) is 1. The highest BCUT2D eigenvalue weighted by Gasteiger charge is 2.65. The third-order valence-electron chi connectivity index (χ3n) is 1.88. The Morgan fingerprint density at radius 3 is 1.90 bits per heavy atom. The molecule has 0 heterocycles. The number of hydrogen-bond donors (Lipinski definition) is 0. The lowest BCUT2D eigenvalue weighted by Gasteiger charge is -2.18. The Morgan fingerprint density at radius 2 is 1.45 bits per heavy atom. The van der Waals surface area contributed by atoms with Crippen molar-refractivity contribution in [3.8, 4) is 5.75 Å². The normalized spacial score (nSPS) is 12.4. The van der Waals surface area contributed by atoms with Crippen LogP contribution in [0.3, 0.4) is 0 Å². The van der Waals surface area contributed by atoms with Gasteiger partial charge in [-0.15, -0.1) is 0 Å². The minimum atomic E-state index is -6.13. The van der Waals surface area contributed by atoms with Crippen molar-refractivity contribution >= 4 is 52.4 Å². The van der Waals surface area contributed by atoms with Gasteiger partial charge in [-0.1, -0.05) is 46.4 Å². The number of hydrogen-bond acceptors (Lipinski definition) is 2. The van der Waals surface area contributed by atoms with Crippen molar-refractivity contribution in [1.29, 1.82) is 0 Å². The van der Waals surface area contributed by atoms with E-state index in [1.807, 2.05) is 0 Å². The summed E-state index contributed by atoms with van der Waals surface area (Å²) < 4.78 is 65.2. The van der Waals surface area contributed by atoms with Gasteiger partial charge in [0.05, 0.1) is 15.1 Å². The van der Waals surface area contributed by atoms with Gasteiger partial charge in [-0.2, -0.15) is 22.0 Å². The Bertz CT molecular complexity index is 558. The zero-order chi connectivity index (χ0) is 15.9. The summed E-state index contributed by atoms with van der Waals surface area (Å²) in [5.74, 6) is -9.57. The second-order valence-corrected chi connectivity index (χ2v) is 4.83. The van der Waals surface area contributed by atoms with Gasteiger partial charge in [-0.25, -0.2) is 4.79 Å². The fourth-order valence-electron chi connectivity index (χ4n) is 0.916. The minimum absolute atomic E-state index is 0.205. The average Bonchev–Trinajstić information content (AvgIpc) is 2.30. The highest BCUT2D eigenvalue weighted by atomic mass is 35.5. The molecule has 0 aromatic heterocycles. The zero-order valence-electron chi connectivity index (χ0n) is 8.80. The number of alkyl halides is 5. The molecule has 2 nitrogen and oxygen atoms in total. The van der Waals surface area contributed by atoms with Gasteiger partial charge in [0.15, 0.2) is 5.75 Å². The molecule has 0 saturated heterocycles. The number of halogens is 9. The molecule has 112 valence electrons. The van der Waals surface area contributed by atoms with E-state index in [0.717, 1.165) is 6.07 Å². The van der Waals surface area contributed by atoms with Crippen LogP contribution in [0.1, 0.15) is 0 Å². The van der Waals surface area contributed by atoms with Crippen LogP contribution in [0, 0.1) is 0 Å². The van der Waals surface area contributed by atoms with Crippen molar-refractivity contribution in [2.24, 2.45) is 0 Å². The lowest BCUT2D eigenvalue weighted by molar-refractivity contribution is -0.276. The predicted octanol–water partition coefficient (Wildman–Crippen LogP) is 5.40. The molecule has 0 amide bonds. The summed E-state index contributed by atoms with van der Waals surface area (Å²) >= 11 is 22.0. The lowest BCUT2D eigenvalue weighted by atomic mass is 10.3. The summed E-state index contributed by atoms with van der Waals surface area (Å²) in [7, 11) is 0. The summed E-state index contributed by atoms with van der Waals surface area (Å²) in [5, 5.41) is -1.86. The van der Waals surface area contributed by atoms with Gasteiger partial charge in [0.1, 0.15) is 5.02 Å². The molecule has 1 aromatic carbocycles. The molecule has 0 aliphatic carbocycles. The highest BCUT2D eigenvalue weighted by molar-refractivity contribution is 6.50. The molecule has 0 N–H and O–H groups in total. The second-order valence-electron chi connectivity index (χ2n) is 3.26. The molecular formula is C9HCl4F5O2. The van der Waals surface area contributed by atoms with Crippen LogP contribution in [-0.4, -0.2) is 18.1 Å². The molecule has 0 radical (unpaired) electrons. The molecule has 0 atom stereocenters. The summed E-state index contributed by atoms with van der Waals surface area (Å²) in [4.78, 5) is 10.9. The molecule has 20 heavy (non-hydrogen) atoms. The van der Waals surface area contributed by atoms with Crippen LogP contribution in [0.25, 0.3) is 0 Å². The van der Waals surface area contributed by atoms with Crippen LogP contribution in [0.5, 0.6) is 5.75 Å². The smallest absolute Gasteiger partial charge is 0.419 e. The number of carbonyl (C=O) groups is 1. The van der Waals surface area contributed by atoms with Gasteiger partial charge < -0.3 is 4.74 Å². The van der Waals surface area contributed by atoms with Crippen molar-refractivity contribution in [1.82, 2.24) is 0 Å². The minimum Gasteiger partial charge on any atom is -0.419 e. The first-order valence-electron chi connectivity index (χ1n) is 4.39. The van der Waals surface area contributed by atoms with Crippen LogP contribution >= 0.6 is 46.4 Å². The van der Waals surface area contributed by atoms with E-state index < -0.39 is 38.9 Å². The van der Waals surface area contributed by atoms with E-state index >= 15 is 0 Å². The second kappa shape index (κ2) is 5.71. The molecule has 1 rings (SSSR count). The first kappa shape index (κ1) is 17.6. The van der Waals surface area contributed by atoms with Crippen molar-refractivity contribution in [3.63, 3.8) is 0 Å². The molecule has 0 aliphatic rings. The molecule has 0 unspecified atom stereocenters. The molecule has 0 fully saturated rings. The van der Waals surface area contributed by atoms with Gasteiger partial charge >= 0.3 is 18.1 Å². The molecule has 0 spiro atoms. The maximum atomic E-state index is 12.7. The van der Waals surface area contributed by atoms with Gasteiger partial charge in [0.2, 0.25) is 0 Å². The quantitative estimate of drug-likeness (QED) is 0.227. The Labute approximate surface area is 128 Å². The highest BCUT2D eigenvalue weighted by Crippen LogP contribution is 2.44. The Morgan fingerprint density at radius 1 is 0.950 bits per heavy atom.